The van der Waals surface area contributed by atoms with Gasteiger partial charge in [-0.1, -0.05) is 98.9 Å². The number of hydrogen-bond donors (Lipinski definition) is 18. The summed E-state index contributed by atoms with van der Waals surface area (Å²) in [6.45, 7) is 12.3. The van der Waals surface area contributed by atoms with Gasteiger partial charge in [-0.3, -0.25) is 0 Å². The summed E-state index contributed by atoms with van der Waals surface area (Å²) in [6.07, 6.45) is -4.98. The van der Waals surface area contributed by atoms with Crippen LogP contribution in [0.5, 0.6) is 0 Å². The van der Waals surface area contributed by atoms with E-state index in [-0.39, 0.29) is 69.5 Å². The van der Waals surface area contributed by atoms with Crippen molar-refractivity contribution in [1.82, 2.24) is 0 Å². The van der Waals surface area contributed by atoms with Crippen molar-refractivity contribution >= 4 is 0 Å². The third kappa shape index (κ3) is 26.5. The van der Waals surface area contributed by atoms with Gasteiger partial charge in [-0.2, -0.15) is 0 Å². The van der Waals surface area contributed by atoms with E-state index in [1.165, 1.54) is 12.2 Å². The largest absolute Gasteiger partial charge is 0.394 e. The molecule has 0 spiro atoms. The maximum Gasteiger partial charge on any atom is 0.115 e. The van der Waals surface area contributed by atoms with Crippen LogP contribution < -0.4 is 0 Å². The van der Waals surface area contributed by atoms with Crippen molar-refractivity contribution in [2.75, 3.05) is 6.61 Å². The SMILES string of the molecule is C=CCC/C=C/C=C/C=C/CC/C=C/C(O)C(O)C1OC(C(O)C(O)C(=C)CCC(O)C2CC(O)C(O)C(C(O)C(O)/C=C(\C)CCC(O)CC(O)C(O)C(C)CC(O)C(O)CC(C)CC/C=C/CC(O)CO)O2)CC(O)C1O. The van der Waals surface area contributed by atoms with Crippen molar-refractivity contribution in [2.24, 2.45) is 11.8 Å². The Morgan fingerprint density at radius 1 is 0.570 bits per heavy atom. The van der Waals surface area contributed by atoms with Gasteiger partial charge in [-0.05, 0) is 108 Å². The summed E-state index contributed by atoms with van der Waals surface area (Å²) in [5.74, 6) is -0.595. The molecular weight excluding hydrogens is 1030 g/mol. The molecule has 2 saturated heterocycles. The molecular formula is C59H100O20. The summed E-state index contributed by atoms with van der Waals surface area (Å²) in [7, 11) is 0. The summed E-state index contributed by atoms with van der Waals surface area (Å²) in [6, 6.07) is 0. The maximum absolute atomic E-state index is 11.1. The molecule has 23 atom stereocenters. The standard InChI is InChI=1S/C59H100O20/c1-6-7-8-9-10-11-12-13-14-15-16-20-23-42(64)53(73)58-56(76)48(70)33-50(79-58)57(77)52(72)37(4)25-27-41(63)49-32-47(69)55(75)59(78-49)54(74)45(67)29-36(3)24-26-39(61)31-46(68)51(71)38(5)30-44(66)43(65)28-35(2)21-18-17-19-22-40(62)34-60/h6,9-14,17,19-20,23,29,35,38-77H,1,4,7-8,15-16,18,21-22,24-28,30-34H2,2-3,5H3/b10-9+,12-11+,14-13+,19-17+,23-20+,36-29+. The van der Waals surface area contributed by atoms with E-state index in [4.69, 9.17) is 14.6 Å². The molecule has 0 aliphatic carbocycles. The predicted octanol–water partition coefficient (Wildman–Crippen LogP) is 0.632. The van der Waals surface area contributed by atoms with Gasteiger partial charge < -0.3 is 101 Å². The topological polar surface area (TPSA) is 383 Å². The highest BCUT2D eigenvalue weighted by Gasteiger charge is 2.47. The highest BCUT2D eigenvalue weighted by Crippen LogP contribution is 2.32. The number of rotatable bonds is 39. The molecule has 23 unspecified atom stereocenters. The molecule has 20 heteroatoms. The normalized spacial score (nSPS) is 28.5. The smallest absolute Gasteiger partial charge is 0.115 e. The fourth-order valence-electron chi connectivity index (χ4n) is 9.61. The molecule has 0 aromatic heterocycles. The van der Waals surface area contributed by atoms with Crippen LogP contribution in [0.15, 0.2) is 97.2 Å². The van der Waals surface area contributed by atoms with Gasteiger partial charge in [0.25, 0.3) is 0 Å². The molecule has 2 aliphatic rings. The van der Waals surface area contributed by atoms with Gasteiger partial charge in [0.2, 0.25) is 0 Å². The minimum Gasteiger partial charge on any atom is -0.394 e. The summed E-state index contributed by atoms with van der Waals surface area (Å²) >= 11 is 0. The molecule has 79 heavy (non-hydrogen) atoms. The molecule has 456 valence electrons. The summed E-state index contributed by atoms with van der Waals surface area (Å²) in [5.41, 5.74) is 0.501. The van der Waals surface area contributed by atoms with E-state index < -0.39 is 134 Å². The summed E-state index contributed by atoms with van der Waals surface area (Å²) < 4.78 is 11.6. The monoisotopic (exact) mass is 1130 g/mol. The number of aliphatic hydroxyl groups is 18. The first-order valence-electron chi connectivity index (χ1n) is 28.1. The number of hydrogen-bond acceptors (Lipinski definition) is 20. The molecule has 0 saturated carbocycles. The van der Waals surface area contributed by atoms with Crippen LogP contribution in [0.2, 0.25) is 0 Å². The van der Waals surface area contributed by atoms with Gasteiger partial charge in [-0.25, -0.2) is 0 Å². The van der Waals surface area contributed by atoms with Gasteiger partial charge in [0, 0.05) is 19.3 Å². The van der Waals surface area contributed by atoms with E-state index in [2.05, 4.69) is 13.2 Å². The molecule has 2 aliphatic heterocycles. The van der Waals surface area contributed by atoms with E-state index in [0.29, 0.717) is 44.1 Å². The van der Waals surface area contributed by atoms with Crippen molar-refractivity contribution in [3.05, 3.63) is 97.2 Å². The lowest BCUT2D eigenvalue weighted by Gasteiger charge is -2.42. The maximum atomic E-state index is 11.1. The third-order valence-corrected chi connectivity index (χ3v) is 14.9. The predicted molar refractivity (Wildman–Crippen MR) is 298 cm³/mol. The quantitative estimate of drug-likeness (QED) is 0.0228. The Bertz CT molecular complexity index is 1860. The molecule has 0 radical (unpaired) electrons. The van der Waals surface area contributed by atoms with E-state index in [9.17, 15) is 86.8 Å². The molecule has 18 N–H and O–H groups in total. The lowest BCUT2D eigenvalue weighted by Crippen LogP contribution is -2.59. The number of aliphatic hydroxyl groups excluding tert-OH is 18. The fourth-order valence-corrected chi connectivity index (χ4v) is 9.61. The Labute approximate surface area is 467 Å². The minimum atomic E-state index is -1.81. The molecule has 2 fully saturated rings. The zero-order valence-corrected chi connectivity index (χ0v) is 46.5. The average Bonchev–Trinajstić information content (AvgIpc) is 3.46. The van der Waals surface area contributed by atoms with Crippen LogP contribution in [0.25, 0.3) is 0 Å². The van der Waals surface area contributed by atoms with Gasteiger partial charge in [0.1, 0.15) is 61.0 Å². The van der Waals surface area contributed by atoms with E-state index >= 15 is 0 Å². The minimum absolute atomic E-state index is 0.0128. The Balaban J connectivity index is 1.87. The van der Waals surface area contributed by atoms with Crippen LogP contribution in [-0.2, 0) is 9.47 Å². The Morgan fingerprint density at radius 2 is 1.13 bits per heavy atom. The first-order valence-corrected chi connectivity index (χ1v) is 28.1. The van der Waals surface area contributed by atoms with Crippen LogP contribution in [0.3, 0.4) is 0 Å². The third-order valence-electron chi connectivity index (χ3n) is 14.9. The average molecular weight is 1130 g/mol. The molecule has 0 aromatic rings. The first-order chi connectivity index (χ1) is 37.3. The summed E-state index contributed by atoms with van der Waals surface area (Å²) in [5, 5.41) is 192. The zero-order chi connectivity index (χ0) is 59.4. The molecule has 0 amide bonds. The van der Waals surface area contributed by atoms with Crippen molar-refractivity contribution in [3.63, 3.8) is 0 Å². The van der Waals surface area contributed by atoms with E-state index in [1.807, 2.05) is 55.5 Å². The molecule has 0 aromatic carbocycles. The zero-order valence-electron chi connectivity index (χ0n) is 46.5. The molecule has 20 nitrogen and oxygen atoms in total. The second-order valence-electron chi connectivity index (χ2n) is 21.9. The van der Waals surface area contributed by atoms with Crippen LogP contribution in [0, 0.1) is 11.8 Å². The molecule has 0 bridgehead atoms. The van der Waals surface area contributed by atoms with E-state index in [1.54, 1.807) is 26.0 Å². The summed E-state index contributed by atoms with van der Waals surface area (Å²) in [4.78, 5) is 0. The lowest BCUT2D eigenvalue weighted by molar-refractivity contribution is -0.234. The van der Waals surface area contributed by atoms with Gasteiger partial charge in [0.15, 0.2) is 0 Å². The van der Waals surface area contributed by atoms with Gasteiger partial charge in [-0.15, -0.1) is 6.58 Å². The number of allylic oxidation sites excluding steroid dienone is 10. The van der Waals surface area contributed by atoms with Crippen LogP contribution in [-0.4, -0.2) is 227 Å². The van der Waals surface area contributed by atoms with Crippen LogP contribution in [0.4, 0.5) is 0 Å². The van der Waals surface area contributed by atoms with Gasteiger partial charge >= 0.3 is 0 Å². The Hall–Kier alpha value is -2.88. The van der Waals surface area contributed by atoms with Crippen molar-refractivity contribution in [1.29, 1.82) is 0 Å². The first kappa shape index (κ1) is 72.2. The van der Waals surface area contributed by atoms with Crippen molar-refractivity contribution in [3.8, 4) is 0 Å². The number of unbranched alkanes of at least 4 members (excludes halogenated alkanes) is 2. The van der Waals surface area contributed by atoms with Gasteiger partial charge in [0.05, 0.1) is 73.8 Å². The second kappa shape index (κ2) is 38.8. The number of ether oxygens (including phenoxy) is 2. The van der Waals surface area contributed by atoms with Crippen LogP contribution >= 0.6 is 0 Å². The lowest BCUT2D eigenvalue weighted by atomic mass is 9.86. The van der Waals surface area contributed by atoms with E-state index in [0.717, 1.165) is 12.8 Å². The Kier molecular flexibility index (Phi) is 35.5. The second-order valence-corrected chi connectivity index (χ2v) is 21.9. The molecule has 2 heterocycles. The highest BCUT2D eigenvalue weighted by atomic mass is 16.6. The van der Waals surface area contributed by atoms with Crippen molar-refractivity contribution in [2.45, 2.75) is 252 Å². The van der Waals surface area contributed by atoms with Crippen molar-refractivity contribution < 1.29 is 101 Å². The Morgan fingerprint density at radius 3 is 1.73 bits per heavy atom. The molecule has 2 rings (SSSR count). The fraction of sp³-hybridized carbons (Fsp3) is 0.729. The highest BCUT2D eigenvalue weighted by molar-refractivity contribution is 5.12. The van der Waals surface area contributed by atoms with Crippen LogP contribution in [0.1, 0.15) is 124 Å².